The van der Waals surface area contributed by atoms with Crippen molar-refractivity contribution in [2.45, 2.75) is 12.8 Å². The van der Waals surface area contributed by atoms with Crippen LogP contribution in [0.15, 0.2) is 18.2 Å². The van der Waals surface area contributed by atoms with Crippen molar-refractivity contribution in [3.05, 3.63) is 23.9 Å². The van der Waals surface area contributed by atoms with E-state index in [2.05, 4.69) is 10.3 Å². The number of ether oxygens (including phenoxy) is 1. The van der Waals surface area contributed by atoms with Gasteiger partial charge >= 0.3 is 6.03 Å². The lowest BCUT2D eigenvalue weighted by atomic mass is 9.73. The molecule has 2 aliphatic rings. The molecule has 0 bridgehead atoms. The van der Waals surface area contributed by atoms with Crippen molar-refractivity contribution in [2.24, 2.45) is 11.1 Å². The number of amides is 3. The molecule has 1 aromatic rings. The molecule has 21 heavy (non-hydrogen) atoms. The van der Waals surface area contributed by atoms with Crippen molar-refractivity contribution >= 4 is 17.8 Å². The summed E-state index contributed by atoms with van der Waals surface area (Å²) < 4.78 is 5.35. The number of aromatic nitrogens is 1. The highest BCUT2D eigenvalue weighted by atomic mass is 16.5. The number of nitrogens with two attached hydrogens (primary N) is 1. The van der Waals surface area contributed by atoms with E-state index >= 15 is 0 Å². The molecule has 0 saturated carbocycles. The lowest BCUT2D eigenvalue weighted by Gasteiger charge is -2.51. The number of rotatable bonds is 2. The first-order chi connectivity index (χ1) is 10.1. The van der Waals surface area contributed by atoms with Crippen molar-refractivity contribution in [3.8, 4) is 0 Å². The third kappa shape index (κ3) is 2.82. The van der Waals surface area contributed by atoms with Gasteiger partial charge in [-0.15, -0.1) is 0 Å². The zero-order valence-electron chi connectivity index (χ0n) is 11.7. The summed E-state index contributed by atoms with van der Waals surface area (Å²) >= 11 is 0. The molecule has 2 saturated heterocycles. The van der Waals surface area contributed by atoms with Gasteiger partial charge in [0.05, 0.1) is 0 Å². The Hall–Kier alpha value is -2.15. The van der Waals surface area contributed by atoms with Gasteiger partial charge in [0.25, 0.3) is 5.91 Å². The van der Waals surface area contributed by atoms with E-state index in [9.17, 15) is 9.59 Å². The molecule has 2 aliphatic heterocycles. The molecule has 7 nitrogen and oxygen atoms in total. The van der Waals surface area contributed by atoms with Crippen molar-refractivity contribution in [1.82, 2.24) is 9.88 Å². The number of hydrogen-bond acceptors (Lipinski definition) is 4. The second-order valence-corrected chi connectivity index (χ2v) is 5.67. The van der Waals surface area contributed by atoms with E-state index in [0.717, 1.165) is 39.1 Å². The maximum atomic E-state index is 12.1. The number of nitrogens with one attached hydrogen (secondary N) is 1. The highest BCUT2D eigenvalue weighted by Crippen LogP contribution is 2.39. The summed E-state index contributed by atoms with van der Waals surface area (Å²) in [5, 5.41) is 2.70. The smallest absolute Gasteiger partial charge is 0.323 e. The van der Waals surface area contributed by atoms with Crippen LogP contribution in [0.5, 0.6) is 0 Å². The minimum Gasteiger partial charge on any atom is -0.381 e. The molecule has 0 radical (unpaired) electrons. The van der Waals surface area contributed by atoms with Crippen LogP contribution < -0.4 is 11.1 Å². The molecule has 3 amide bonds. The number of primary amides is 1. The lowest BCUT2D eigenvalue weighted by molar-refractivity contribution is -0.0596. The molecule has 1 aromatic heterocycles. The molecule has 112 valence electrons. The second kappa shape index (κ2) is 5.33. The van der Waals surface area contributed by atoms with Crippen LogP contribution in [0.4, 0.5) is 10.6 Å². The topological polar surface area (TPSA) is 97.5 Å². The van der Waals surface area contributed by atoms with Crippen molar-refractivity contribution in [1.29, 1.82) is 0 Å². The number of carbonyl (C=O) groups is 2. The minimum atomic E-state index is -0.615. The van der Waals surface area contributed by atoms with E-state index in [0.29, 0.717) is 5.82 Å². The number of carbonyl (C=O) groups excluding carboxylic acids is 2. The largest absolute Gasteiger partial charge is 0.381 e. The fourth-order valence-corrected chi connectivity index (χ4v) is 2.86. The highest BCUT2D eigenvalue weighted by molar-refractivity contribution is 5.93. The normalized spacial score (nSPS) is 19.9. The van der Waals surface area contributed by atoms with Gasteiger partial charge in [0.2, 0.25) is 0 Å². The SMILES string of the molecule is NC(=O)c1cccc(NC(=O)N2CC3(CCOCC3)C2)n1. The summed E-state index contributed by atoms with van der Waals surface area (Å²) in [4.78, 5) is 29.0. The molecule has 3 N–H and O–H groups in total. The average molecular weight is 290 g/mol. The Bertz CT molecular complexity index is 561. The predicted molar refractivity (Wildman–Crippen MR) is 75.8 cm³/mol. The molecule has 0 unspecified atom stereocenters. The van der Waals surface area contributed by atoms with Crippen LogP contribution in [-0.2, 0) is 4.74 Å². The van der Waals surface area contributed by atoms with Crippen LogP contribution in [0, 0.1) is 5.41 Å². The van der Waals surface area contributed by atoms with Gasteiger partial charge in [-0.3, -0.25) is 10.1 Å². The predicted octanol–water partition coefficient (Wildman–Crippen LogP) is 0.825. The number of pyridine rings is 1. The van der Waals surface area contributed by atoms with Crippen LogP contribution in [0.2, 0.25) is 0 Å². The molecular formula is C14H18N4O3. The molecule has 3 heterocycles. The molecule has 7 heteroatoms. The summed E-state index contributed by atoms with van der Waals surface area (Å²) in [6.45, 7) is 3.05. The first-order valence-corrected chi connectivity index (χ1v) is 6.99. The number of nitrogens with zero attached hydrogens (tertiary/aromatic N) is 2. The maximum absolute atomic E-state index is 12.1. The van der Waals surface area contributed by atoms with E-state index < -0.39 is 5.91 Å². The zero-order valence-corrected chi connectivity index (χ0v) is 11.7. The Labute approximate surface area is 122 Å². The number of likely N-dealkylation sites (tertiary alicyclic amines) is 1. The van der Waals surface area contributed by atoms with Crippen LogP contribution in [0.25, 0.3) is 0 Å². The van der Waals surface area contributed by atoms with Gasteiger partial charge < -0.3 is 15.4 Å². The van der Waals surface area contributed by atoms with Gasteiger partial charge in [-0.05, 0) is 25.0 Å². The monoisotopic (exact) mass is 290 g/mol. The Balaban J connectivity index is 1.58. The van der Waals surface area contributed by atoms with Crippen LogP contribution in [0.3, 0.4) is 0 Å². The number of anilines is 1. The van der Waals surface area contributed by atoms with Crippen LogP contribution in [0.1, 0.15) is 23.3 Å². The number of urea groups is 1. The van der Waals surface area contributed by atoms with Gasteiger partial charge in [-0.25, -0.2) is 9.78 Å². The Kier molecular flexibility index (Phi) is 3.50. The van der Waals surface area contributed by atoms with Gasteiger partial charge in [0, 0.05) is 31.7 Å². The Morgan fingerprint density at radius 1 is 1.29 bits per heavy atom. The first kappa shape index (κ1) is 13.8. The van der Waals surface area contributed by atoms with Crippen molar-refractivity contribution < 1.29 is 14.3 Å². The second-order valence-electron chi connectivity index (χ2n) is 5.67. The quantitative estimate of drug-likeness (QED) is 0.842. The maximum Gasteiger partial charge on any atom is 0.323 e. The standard InChI is InChI=1S/C14H18N4O3/c15-12(19)10-2-1-3-11(16-10)17-13(20)18-8-14(9-18)4-6-21-7-5-14/h1-3H,4-9H2,(H2,15,19)(H,16,17,20). The summed E-state index contributed by atoms with van der Waals surface area (Å²) in [5.41, 5.74) is 5.54. The summed E-state index contributed by atoms with van der Waals surface area (Å²) in [5.74, 6) is -0.277. The van der Waals surface area contributed by atoms with Gasteiger partial charge in [0.15, 0.2) is 0 Å². The van der Waals surface area contributed by atoms with Crippen LogP contribution >= 0.6 is 0 Å². The summed E-state index contributed by atoms with van der Waals surface area (Å²) in [7, 11) is 0. The summed E-state index contributed by atoms with van der Waals surface area (Å²) in [6.07, 6.45) is 2.01. The third-order valence-corrected chi connectivity index (χ3v) is 4.13. The number of hydrogen-bond donors (Lipinski definition) is 2. The van der Waals surface area contributed by atoms with Crippen molar-refractivity contribution in [2.75, 3.05) is 31.6 Å². The van der Waals surface area contributed by atoms with Gasteiger partial charge in [-0.2, -0.15) is 0 Å². The van der Waals surface area contributed by atoms with Gasteiger partial charge in [0.1, 0.15) is 11.5 Å². The fraction of sp³-hybridized carbons (Fsp3) is 0.500. The van der Waals surface area contributed by atoms with E-state index in [-0.39, 0.29) is 17.1 Å². The highest BCUT2D eigenvalue weighted by Gasteiger charge is 2.45. The molecule has 3 rings (SSSR count). The molecular weight excluding hydrogens is 272 g/mol. The third-order valence-electron chi connectivity index (χ3n) is 4.13. The molecule has 0 atom stereocenters. The Morgan fingerprint density at radius 2 is 2.00 bits per heavy atom. The minimum absolute atomic E-state index is 0.136. The Morgan fingerprint density at radius 3 is 2.67 bits per heavy atom. The van der Waals surface area contributed by atoms with E-state index in [1.807, 2.05) is 0 Å². The van der Waals surface area contributed by atoms with E-state index in [1.54, 1.807) is 17.0 Å². The molecule has 2 fully saturated rings. The van der Waals surface area contributed by atoms with Crippen molar-refractivity contribution in [3.63, 3.8) is 0 Å². The summed E-state index contributed by atoms with van der Waals surface area (Å²) in [6, 6.07) is 4.59. The molecule has 1 spiro atoms. The fourth-order valence-electron chi connectivity index (χ4n) is 2.86. The van der Waals surface area contributed by atoms with E-state index in [1.165, 1.54) is 6.07 Å². The van der Waals surface area contributed by atoms with Gasteiger partial charge in [-0.1, -0.05) is 6.07 Å². The molecule has 0 aromatic carbocycles. The molecule has 0 aliphatic carbocycles. The first-order valence-electron chi connectivity index (χ1n) is 6.99. The van der Waals surface area contributed by atoms with E-state index in [4.69, 9.17) is 10.5 Å². The average Bonchev–Trinajstić information content (AvgIpc) is 2.45. The zero-order chi connectivity index (χ0) is 14.9. The van der Waals surface area contributed by atoms with Crippen LogP contribution in [-0.4, -0.2) is 48.1 Å². The lowest BCUT2D eigenvalue weighted by Crippen LogP contribution is -2.61.